The van der Waals surface area contributed by atoms with Crippen molar-refractivity contribution in [3.05, 3.63) is 35.9 Å². The minimum absolute atomic E-state index is 0.0597. The largest absolute Gasteiger partial charge is 0.481 e. The summed E-state index contributed by atoms with van der Waals surface area (Å²) in [7, 11) is 0. The summed E-state index contributed by atoms with van der Waals surface area (Å²) in [6.07, 6.45) is 0.480. The maximum Gasteiger partial charge on any atom is 0.307 e. The summed E-state index contributed by atoms with van der Waals surface area (Å²) in [6, 6.07) is 11.2. The van der Waals surface area contributed by atoms with Crippen LogP contribution in [0.1, 0.15) is 12.0 Å². The average molecular weight is 189 g/mol. The Morgan fingerprint density at radius 2 is 2.07 bits per heavy atom. The number of carboxylic acid groups (broad SMARTS) is 1. The molecule has 0 saturated heterocycles. The van der Waals surface area contributed by atoms with Gasteiger partial charge in [-0.1, -0.05) is 30.3 Å². The number of aliphatic carboxylic acids is 1. The number of carboxylic acids is 1. The van der Waals surface area contributed by atoms with E-state index in [-0.39, 0.29) is 6.42 Å². The zero-order valence-corrected chi connectivity index (χ0v) is 7.68. The monoisotopic (exact) mass is 189 g/mol. The zero-order chi connectivity index (χ0) is 10.4. The number of rotatable bonds is 4. The van der Waals surface area contributed by atoms with Gasteiger partial charge in [-0.25, -0.2) is 0 Å². The van der Waals surface area contributed by atoms with Gasteiger partial charge in [0.1, 0.15) is 0 Å². The van der Waals surface area contributed by atoms with Crippen molar-refractivity contribution in [2.75, 3.05) is 0 Å². The summed E-state index contributed by atoms with van der Waals surface area (Å²) in [6.45, 7) is 0. The normalized spacial score (nSPS) is 11.6. The zero-order valence-electron chi connectivity index (χ0n) is 7.68. The third kappa shape index (κ3) is 2.91. The quantitative estimate of drug-likeness (QED) is 0.786. The molecular formula is C11H11NO2. The lowest BCUT2D eigenvalue weighted by Gasteiger charge is -2.07. The van der Waals surface area contributed by atoms with E-state index in [4.69, 9.17) is 10.4 Å². The van der Waals surface area contributed by atoms with Crippen LogP contribution >= 0.6 is 0 Å². The number of hydrogen-bond acceptors (Lipinski definition) is 2. The van der Waals surface area contributed by atoms with Gasteiger partial charge in [0.15, 0.2) is 0 Å². The highest BCUT2D eigenvalue weighted by molar-refractivity contribution is 5.70. The predicted molar refractivity (Wildman–Crippen MR) is 51.5 cm³/mol. The summed E-state index contributed by atoms with van der Waals surface area (Å²) >= 11 is 0. The number of nitrogens with zero attached hydrogens (tertiary/aromatic N) is 1. The van der Waals surface area contributed by atoms with E-state index in [1.54, 1.807) is 0 Å². The van der Waals surface area contributed by atoms with Crippen molar-refractivity contribution < 1.29 is 9.90 Å². The fraction of sp³-hybridized carbons (Fsp3) is 0.273. The second-order valence-corrected chi connectivity index (χ2v) is 3.09. The number of benzene rings is 1. The highest BCUT2D eigenvalue weighted by Crippen LogP contribution is 2.11. The molecular weight excluding hydrogens is 178 g/mol. The molecule has 1 aromatic carbocycles. The third-order valence-corrected chi connectivity index (χ3v) is 2.01. The fourth-order valence-electron chi connectivity index (χ4n) is 1.26. The van der Waals surface area contributed by atoms with Crippen molar-refractivity contribution >= 4 is 5.97 Å². The summed E-state index contributed by atoms with van der Waals surface area (Å²) in [4.78, 5) is 10.7. The molecule has 0 bridgehead atoms. The Bertz CT molecular complexity index is 340. The Balaban J connectivity index is 2.66. The highest BCUT2D eigenvalue weighted by atomic mass is 16.4. The molecule has 1 atom stereocenters. The summed E-state index contributed by atoms with van der Waals surface area (Å²) in [5.41, 5.74) is 0.954. The Hall–Kier alpha value is -1.82. The van der Waals surface area contributed by atoms with Gasteiger partial charge in [-0.15, -0.1) is 0 Å². The summed E-state index contributed by atoms with van der Waals surface area (Å²) in [5, 5.41) is 17.3. The molecule has 0 amide bonds. The summed E-state index contributed by atoms with van der Waals surface area (Å²) < 4.78 is 0. The highest BCUT2D eigenvalue weighted by Gasteiger charge is 2.16. The van der Waals surface area contributed by atoms with Crippen molar-refractivity contribution in [2.45, 2.75) is 12.8 Å². The molecule has 3 nitrogen and oxygen atoms in total. The Morgan fingerprint density at radius 1 is 1.43 bits per heavy atom. The number of carbonyl (C=O) groups is 1. The molecule has 1 unspecified atom stereocenters. The molecule has 0 saturated carbocycles. The summed E-state index contributed by atoms with van der Waals surface area (Å²) in [5.74, 6) is -1.50. The van der Waals surface area contributed by atoms with Crippen LogP contribution in [-0.4, -0.2) is 11.1 Å². The van der Waals surface area contributed by atoms with Crippen LogP contribution in [0.5, 0.6) is 0 Å². The first-order valence-corrected chi connectivity index (χ1v) is 4.37. The molecule has 0 spiro atoms. The van der Waals surface area contributed by atoms with Crippen molar-refractivity contribution in [2.24, 2.45) is 5.92 Å². The van der Waals surface area contributed by atoms with E-state index < -0.39 is 11.9 Å². The van der Waals surface area contributed by atoms with E-state index in [0.717, 1.165) is 5.56 Å². The average Bonchev–Trinajstić information content (AvgIpc) is 2.18. The first kappa shape index (κ1) is 10.3. The van der Waals surface area contributed by atoms with Crippen LogP contribution in [0.2, 0.25) is 0 Å². The van der Waals surface area contributed by atoms with Crippen molar-refractivity contribution in [1.29, 1.82) is 5.26 Å². The van der Waals surface area contributed by atoms with E-state index in [1.807, 2.05) is 36.4 Å². The fourth-order valence-corrected chi connectivity index (χ4v) is 1.26. The van der Waals surface area contributed by atoms with Crippen LogP contribution in [0, 0.1) is 17.2 Å². The molecule has 0 fully saturated rings. The molecule has 0 aliphatic rings. The molecule has 0 aliphatic carbocycles. The minimum atomic E-state index is -0.907. The van der Waals surface area contributed by atoms with Crippen LogP contribution in [0.4, 0.5) is 0 Å². The Morgan fingerprint density at radius 3 is 2.57 bits per heavy atom. The molecule has 14 heavy (non-hydrogen) atoms. The first-order chi connectivity index (χ1) is 6.74. The van der Waals surface area contributed by atoms with Crippen molar-refractivity contribution in [3.8, 4) is 6.07 Å². The van der Waals surface area contributed by atoms with Gasteiger partial charge in [0.25, 0.3) is 0 Å². The van der Waals surface area contributed by atoms with Crippen LogP contribution in [-0.2, 0) is 11.2 Å². The standard InChI is InChI=1S/C11H11NO2/c12-7-6-10(11(13)14)8-9-4-2-1-3-5-9/h1-5,10H,6,8H2,(H,13,14). The van der Waals surface area contributed by atoms with Crippen LogP contribution in [0.15, 0.2) is 30.3 Å². The number of hydrogen-bond donors (Lipinski definition) is 1. The molecule has 0 aliphatic heterocycles. The third-order valence-electron chi connectivity index (χ3n) is 2.01. The molecule has 0 heterocycles. The van der Waals surface area contributed by atoms with Crippen LogP contribution < -0.4 is 0 Å². The second kappa shape index (κ2) is 5.03. The van der Waals surface area contributed by atoms with Crippen molar-refractivity contribution in [3.63, 3.8) is 0 Å². The molecule has 1 aromatic rings. The molecule has 3 heteroatoms. The van der Waals surface area contributed by atoms with Crippen LogP contribution in [0.25, 0.3) is 0 Å². The maximum atomic E-state index is 10.7. The van der Waals surface area contributed by atoms with Gasteiger partial charge >= 0.3 is 5.97 Å². The predicted octanol–water partition coefficient (Wildman–Crippen LogP) is 1.84. The first-order valence-electron chi connectivity index (χ1n) is 4.37. The van der Waals surface area contributed by atoms with Gasteiger partial charge in [-0.3, -0.25) is 4.79 Å². The Labute approximate surface area is 82.6 Å². The lowest BCUT2D eigenvalue weighted by Crippen LogP contribution is -2.15. The van der Waals surface area contributed by atoms with E-state index in [9.17, 15) is 4.79 Å². The SMILES string of the molecule is N#CCC(Cc1ccccc1)C(=O)O. The van der Waals surface area contributed by atoms with Gasteiger partial charge in [-0.2, -0.15) is 5.26 Å². The minimum Gasteiger partial charge on any atom is -0.481 e. The number of nitriles is 1. The van der Waals surface area contributed by atoms with Gasteiger partial charge in [0.05, 0.1) is 12.0 Å². The van der Waals surface area contributed by atoms with Gasteiger partial charge in [0, 0.05) is 6.42 Å². The molecule has 0 aromatic heterocycles. The van der Waals surface area contributed by atoms with E-state index in [0.29, 0.717) is 6.42 Å². The molecule has 1 N–H and O–H groups in total. The van der Waals surface area contributed by atoms with Crippen LogP contribution in [0.3, 0.4) is 0 Å². The topological polar surface area (TPSA) is 61.1 Å². The van der Waals surface area contributed by atoms with Gasteiger partial charge < -0.3 is 5.11 Å². The lowest BCUT2D eigenvalue weighted by atomic mass is 9.97. The molecule has 72 valence electrons. The van der Waals surface area contributed by atoms with E-state index in [1.165, 1.54) is 0 Å². The second-order valence-electron chi connectivity index (χ2n) is 3.09. The maximum absolute atomic E-state index is 10.7. The van der Waals surface area contributed by atoms with Crippen molar-refractivity contribution in [1.82, 2.24) is 0 Å². The lowest BCUT2D eigenvalue weighted by molar-refractivity contribution is -0.141. The molecule has 1 rings (SSSR count). The Kier molecular flexibility index (Phi) is 3.69. The van der Waals surface area contributed by atoms with E-state index in [2.05, 4.69) is 0 Å². The molecule has 0 radical (unpaired) electrons. The van der Waals surface area contributed by atoms with Gasteiger partial charge in [0.2, 0.25) is 0 Å². The van der Waals surface area contributed by atoms with Gasteiger partial charge in [-0.05, 0) is 12.0 Å². The van der Waals surface area contributed by atoms with E-state index >= 15 is 0 Å². The smallest absolute Gasteiger partial charge is 0.307 e.